The molecule has 0 saturated heterocycles. The lowest BCUT2D eigenvalue weighted by molar-refractivity contribution is -0.00549. The molecule has 0 aliphatic heterocycles. The first-order chi connectivity index (χ1) is 8.83. The number of nitrogens with two attached hydrogens (primary N) is 1. The maximum absolute atomic E-state index is 5.98. The van der Waals surface area contributed by atoms with Gasteiger partial charge < -0.3 is 15.0 Å². The van der Waals surface area contributed by atoms with Crippen LogP contribution in [0, 0.1) is 0 Å². The second-order valence-electron chi connectivity index (χ2n) is 4.43. The Hall–Kier alpha value is -1.24. The lowest BCUT2D eigenvalue weighted by atomic mass is 9.96. The van der Waals surface area contributed by atoms with Gasteiger partial charge in [-0.15, -0.1) is 11.3 Å². The van der Waals surface area contributed by atoms with Crippen LogP contribution in [0.4, 0.5) is 0 Å². The first-order valence-corrected chi connectivity index (χ1v) is 6.95. The van der Waals surface area contributed by atoms with E-state index in [9.17, 15) is 0 Å². The summed E-state index contributed by atoms with van der Waals surface area (Å²) in [7, 11) is 0. The van der Waals surface area contributed by atoms with Gasteiger partial charge in [-0.3, -0.25) is 0 Å². The lowest BCUT2D eigenvalue weighted by Gasteiger charge is -2.26. The van der Waals surface area contributed by atoms with E-state index in [1.165, 1.54) is 6.42 Å². The zero-order valence-corrected chi connectivity index (χ0v) is 10.7. The highest BCUT2D eigenvalue weighted by atomic mass is 32.1. The molecule has 1 saturated carbocycles. The number of hydrogen-bond donors (Lipinski definition) is 1. The maximum Gasteiger partial charge on any atom is 0.268 e. The fourth-order valence-corrected chi connectivity index (χ4v) is 2.38. The second kappa shape index (κ2) is 5.17. The van der Waals surface area contributed by atoms with Crippen LogP contribution in [0.3, 0.4) is 0 Å². The molecule has 1 aliphatic rings. The smallest absolute Gasteiger partial charge is 0.268 e. The summed E-state index contributed by atoms with van der Waals surface area (Å²) >= 11 is 1.56. The first kappa shape index (κ1) is 11.8. The number of nitrogens with zero attached hydrogens (tertiary/aromatic N) is 2. The van der Waals surface area contributed by atoms with Gasteiger partial charge in [0.1, 0.15) is 0 Å². The van der Waals surface area contributed by atoms with Crippen molar-refractivity contribution in [3.8, 4) is 10.8 Å². The summed E-state index contributed by atoms with van der Waals surface area (Å²) < 4.78 is 10.8. The van der Waals surface area contributed by atoms with E-state index in [1.54, 1.807) is 11.3 Å². The second-order valence-corrected chi connectivity index (χ2v) is 5.38. The molecule has 1 aliphatic carbocycles. The molecular weight excluding hydrogens is 250 g/mol. The van der Waals surface area contributed by atoms with Crippen LogP contribution in [0.5, 0.6) is 0 Å². The first-order valence-electron chi connectivity index (χ1n) is 6.07. The number of rotatable bonds is 5. The van der Waals surface area contributed by atoms with E-state index in [0.717, 1.165) is 17.7 Å². The van der Waals surface area contributed by atoms with Gasteiger partial charge in [0.25, 0.3) is 5.89 Å². The van der Waals surface area contributed by atoms with Crippen LogP contribution in [-0.4, -0.2) is 22.9 Å². The molecule has 1 unspecified atom stereocenters. The monoisotopic (exact) mass is 265 g/mol. The van der Waals surface area contributed by atoms with Crippen molar-refractivity contribution in [3.63, 3.8) is 0 Å². The van der Waals surface area contributed by atoms with E-state index < -0.39 is 0 Å². The third-order valence-corrected chi connectivity index (χ3v) is 3.93. The Morgan fingerprint density at radius 2 is 2.44 bits per heavy atom. The van der Waals surface area contributed by atoms with Crippen LogP contribution in [0.2, 0.25) is 0 Å². The van der Waals surface area contributed by atoms with Crippen molar-refractivity contribution in [1.29, 1.82) is 0 Å². The van der Waals surface area contributed by atoms with Crippen LogP contribution in [-0.2, 0) is 4.74 Å². The standard InChI is InChI=1S/C12H15N3O2S/c13-9(7-16-8-3-1-4-8)11-14-12(17-15-11)10-5-2-6-18-10/h2,5-6,8-9H,1,3-4,7,13H2. The van der Waals surface area contributed by atoms with E-state index in [-0.39, 0.29) is 6.04 Å². The summed E-state index contributed by atoms with van der Waals surface area (Å²) in [6, 6.07) is 3.57. The molecule has 0 amide bonds. The molecule has 2 heterocycles. The lowest BCUT2D eigenvalue weighted by Crippen LogP contribution is -2.27. The number of hydrogen-bond acceptors (Lipinski definition) is 6. The quantitative estimate of drug-likeness (QED) is 0.898. The summed E-state index contributed by atoms with van der Waals surface area (Å²) in [4.78, 5) is 5.26. The molecular formula is C12H15N3O2S. The summed E-state index contributed by atoms with van der Waals surface area (Å²) in [5.41, 5.74) is 5.98. The van der Waals surface area contributed by atoms with Crippen LogP contribution in [0.1, 0.15) is 31.1 Å². The summed E-state index contributed by atoms with van der Waals surface area (Å²) in [5.74, 6) is 1.04. The molecule has 0 aromatic carbocycles. The third kappa shape index (κ3) is 2.45. The van der Waals surface area contributed by atoms with E-state index >= 15 is 0 Å². The molecule has 0 spiro atoms. The van der Waals surface area contributed by atoms with Gasteiger partial charge in [-0.1, -0.05) is 11.2 Å². The van der Waals surface area contributed by atoms with Gasteiger partial charge in [0.15, 0.2) is 5.82 Å². The van der Waals surface area contributed by atoms with Gasteiger partial charge in [-0.05, 0) is 30.7 Å². The number of thiophene rings is 1. The molecule has 0 radical (unpaired) electrons. The highest BCUT2D eigenvalue weighted by molar-refractivity contribution is 7.13. The van der Waals surface area contributed by atoms with E-state index in [4.69, 9.17) is 15.0 Å². The molecule has 0 bridgehead atoms. The van der Waals surface area contributed by atoms with Crippen molar-refractivity contribution < 1.29 is 9.26 Å². The topological polar surface area (TPSA) is 74.2 Å². The van der Waals surface area contributed by atoms with Gasteiger partial charge in [-0.25, -0.2) is 0 Å². The average Bonchev–Trinajstić information content (AvgIpc) is 2.97. The van der Waals surface area contributed by atoms with Crippen molar-refractivity contribution in [2.75, 3.05) is 6.61 Å². The summed E-state index contributed by atoms with van der Waals surface area (Å²) in [5, 5.41) is 5.88. The number of ether oxygens (including phenoxy) is 1. The Balaban J connectivity index is 1.61. The van der Waals surface area contributed by atoms with Gasteiger partial charge in [0.2, 0.25) is 0 Å². The average molecular weight is 265 g/mol. The van der Waals surface area contributed by atoms with Crippen LogP contribution in [0.15, 0.2) is 22.0 Å². The molecule has 2 aromatic heterocycles. The van der Waals surface area contributed by atoms with Gasteiger partial charge >= 0.3 is 0 Å². The van der Waals surface area contributed by atoms with Gasteiger partial charge in [0.05, 0.1) is 23.6 Å². The fraction of sp³-hybridized carbons (Fsp3) is 0.500. The summed E-state index contributed by atoms with van der Waals surface area (Å²) in [6.45, 7) is 0.452. The highest BCUT2D eigenvalue weighted by Gasteiger charge is 2.21. The molecule has 18 heavy (non-hydrogen) atoms. The minimum Gasteiger partial charge on any atom is -0.376 e. The van der Waals surface area contributed by atoms with Crippen molar-refractivity contribution in [3.05, 3.63) is 23.3 Å². The van der Waals surface area contributed by atoms with Crippen LogP contribution < -0.4 is 5.73 Å². The minimum absolute atomic E-state index is 0.317. The Bertz CT molecular complexity index is 493. The predicted molar refractivity (Wildman–Crippen MR) is 68.1 cm³/mol. The van der Waals surface area contributed by atoms with Crippen molar-refractivity contribution in [2.24, 2.45) is 5.73 Å². The molecule has 2 N–H and O–H groups in total. The Morgan fingerprint density at radius 1 is 1.56 bits per heavy atom. The normalized spacial score (nSPS) is 17.6. The summed E-state index contributed by atoms with van der Waals surface area (Å²) in [6.07, 6.45) is 3.91. The van der Waals surface area contributed by atoms with Crippen molar-refractivity contribution in [2.45, 2.75) is 31.4 Å². The van der Waals surface area contributed by atoms with Crippen LogP contribution in [0.25, 0.3) is 10.8 Å². The van der Waals surface area contributed by atoms with Gasteiger partial charge in [-0.2, -0.15) is 4.98 Å². The molecule has 96 valence electrons. The molecule has 2 aromatic rings. The van der Waals surface area contributed by atoms with E-state index in [0.29, 0.717) is 24.4 Å². The highest BCUT2D eigenvalue weighted by Crippen LogP contribution is 2.25. The SMILES string of the molecule is NC(COC1CCC1)c1noc(-c2cccs2)n1. The Labute approximate surface area is 109 Å². The molecule has 1 fully saturated rings. The number of aromatic nitrogens is 2. The molecule has 5 nitrogen and oxygen atoms in total. The molecule has 1 atom stereocenters. The minimum atomic E-state index is -0.317. The Morgan fingerprint density at radius 3 is 3.11 bits per heavy atom. The molecule has 3 rings (SSSR count). The van der Waals surface area contributed by atoms with Crippen molar-refractivity contribution >= 4 is 11.3 Å². The van der Waals surface area contributed by atoms with Gasteiger partial charge in [0, 0.05) is 0 Å². The maximum atomic E-state index is 5.98. The third-order valence-electron chi connectivity index (χ3n) is 3.07. The largest absolute Gasteiger partial charge is 0.376 e. The van der Waals surface area contributed by atoms with Crippen LogP contribution >= 0.6 is 11.3 Å². The molecule has 6 heteroatoms. The van der Waals surface area contributed by atoms with Crippen molar-refractivity contribution in [1.82, 2.24) is 10.1 Å². The zero-order chi connectivity index (χ0) is 12.4. The van der Waals surface area contributed by atoms with E-state index in [1.807, 2.05) is 17.5 Å². The fourth-order valence-electron chi connectivity index (χ4n) is 1.74. The Kier molecular flexibility index (Phi) is 3.40. The zero-order valence-electron chi connectivity index (χ0n) is 9.91. The van der Waals surface area contributed by atoms with E-state index in [2.05, 4.69) is 10.1 Å². The predicted octanol–water partition coefficient (Wildman–Crippen LogP) is 2.37.